The number of carboxylic acids is 1. The third-order valence-corrected chi connectivity index (χ3v) is 4.31. The van der Waals surface area contributed by atoms with Crippen LogP contribution >= 0.6 is 11.6 Å². The molecule has 0 heterocycles. The van der Waals surface area contributed by atoms with E-state index in [1.807, 2.05) is 0 Å². The van der Waals surface area contributed by atoms with Gasteiger partial charge in [0.2, 0.25) is 0 Å². The van der Waals surface area contributed by atoms with Crippen molar-refractivity contribution in [2.75, 3.05) is 0 Å². The van der Waals surface area contributed by atoms with Crippen LogP contribution in [0.4, 0.5) is 5.69 Å². The Balaban J connectivity index is 2.22. The molecule has 0 aliphatic heterocycles. The van der Waals surface area contributed by atoms with Gasteiger partial charge in [0, 0.05) is 11.1 Å². The number of nitro benzene ring substituents is 1. The normalized spacial score (nSPS) is 16.6. The molecule has 1 aliphatic carbocycles. The highest BCUT2D eigenvalue weighted by Gasteiger charge is 2.32. The standard InChI is InChI=1S/C15H17ClN2O5/c16-10-6-7-11(12(8-10)18(22)23)14(19)17-13(15(20)21)9-4-2-1-3-5-9/h6-9,13H,1-5H2,(H,17,19)(H,20,21)/t13-/m0/s1. The first-order valence-corrected chi connectivity index (χ1v) is 7.75. The quantitative estimate of drug-likeness (QED) is 0.632. The molecule has 1 aliphatic rings. The highest BCUT2D eigenvalue weighted by atomic mass is 35.5. The molecule has 1 amide bonds. The fourth-order valence-corrected chi connectivity index (χ4v) is 3.08. The van der Waals surface area contributed by atoms with Crippen LogP contribution in [0, 0.1) is 16.0 Å². The molecule has 1 aromatic rings. The Morgan fingerprint density at radius 1 is 1.30 bits per heavy atom. The number of rotatable bonds is 5. The van der Waals surface area contributed by atoms with Crippen molar-refractivity contribution in [1.82, 2.24) is 5.32 Å². The Morgan fingerprint density at radius 2 is 1.96 bits per heavy atom. The Morgan fingerprint density at radius 3 is 2.52 bits per heavy atom. The van der Waals surface area contributed by atoms with Crippen LogP contribution in [-0.2, 0) is 4.79 Å². The summed E-state index contributed by atoms with van der Waals surface area (Å²) >= 11 is 5.71. The van der Waals surface area contributed by atoms with Crippen molar-refractivity contribution in [3.8, 4) is 0 Å². The molecule has 1 saturated carbocycles. The number of carbonyl (C=O) groups is 2. The van der Waals surface area contributed by atoms with E-state index in [1.54, 1.807) is 0 Å². The first-order valence-electron chi connectivity index (χ1n) is 7.37. The molecule has 0 radical (unpaired) electrons. The number of nitrogens with one attached hydrogen (secondary N) is 1. The van der Waals surface area contributed by atoms with Gasteiger partial charge in [-0.2, -0.15) is 0 Å². The molecule has 1 atom stereocenters. The summed E-state index contributed by atoms with van der Waals surface area (Å²) in [6, 6.07) is 2.63. The fraction of sp³-hybridized carbons (Fsp3) is 0.467. The lowest BCUT2D eigenvalue weighted by Crippen LogP contribution is -2.46. The first-order chi connectivity index (χ1) is 10.9. The third-order valence-electron chi connectivity index (χ3n) is 4.07. The molecule has 0 aromatic heterocycles. The number of hydrogen-bond donors (Lipinski definition) is 2. The van der Waals surface area contributed by atoms with E-state index in [0.717, 1.165) is 38.2 Å². The van der Waals surface area contributed by atoms with Crippen molar-refractivity contribution in [1.29, 1.82) is 0 Å². The van der Waals surface area contributed by atoms with Gasteiger partial charge in [-0.15, -0.1) is 0 Å². The van der Waals surface area contributed by atoms with Crippen LogP contribution in [0.2, 0.25) is 5.02 Å². The summed E-state index contributed by atoms with van der Waals surface area (Å²) < 4.78 is 0. The van der Waals surface area contributed by atoms with Crippen LogP contribution in [0.1, 0.15) is 42.5 Å². The minimum atomic E-state index is -1.12. The number of carboxylic acid groups (broad SMARTS) is 1. The van der Waals surface area contributed by atoms with Crippen molar-refractivity contribution in [2.45, 2.75) is 38.1 Å². The lowest BCUT2D eigenvalue weighted by molar-refractivity contribution is -0.385. The Hall–Kier alpha value is -2.15. The Bertz CT molecular complexity index is 628. The summed E-state index contributed by atoms with van der Waals surface area (Å²) in [7, 11) is 0. The van der Waals surface area contributed by atoms with Crippen LogP contribution < -0.4 is 5.32 Å². The highest BCUT2D eigenvalue weighted by Crippen LogP contribution is 2.28. The maximum atomic E-state index is 12.3. The number of carbonyl (C=O) groups excluding carboxylic acids is 1. The second-order valence-electron chi connectivity index (χ2n) is 5.61. The zero-order valence-corrected chi connectivity index (χ0v) is 13.1. The summed E-state index contributed by atoms with van der Waals surface area (Å²) in [4.78, 5) is 34.1. The number of benzene rings is 1. The molecule has 2 rings (SSSR count). The molecule has 0 unspecified atom stereocenters. The van der Waals surface area contributed by atoms with E-state index in [4.69, 9.17) is 11.6 Å². The average Bonchev–Trinajstić information content (AvgIpc) is 2.52. The van der Waals surface area contributed by atoms with Crippen LogP contribution in [0.3, 0.4) is 0 Å². The molecule has 0 bridgehead atoms. The molecule has 0 spiro atoms. The van der Waals surface area contributed by atoms with Gasteiger partial charge in [-0.25, -0.2) is 4.79 Å². The maximum absolute atomic E-state index is 12.3. The number of amides is 1. The van der Waals surface area contributed by atoms with E-state index in [-0.39, 0.29) is 16.5 Å². The molecule has 0 saturated heterocycles. The SMILES string of the molecule is O=C(N[C@H](C(=O)O)C1CCCCC1)c1ccc(Cl)cc1[N+](=O)[O-]. The van der Waals surface area contributed by atoms with Crippen molar-refractivity contribution in [3.05, 3.63) is 38.9 Å². The number of nitrogens with zero attached hydrogens (tertiary/aromatic N) is 1. The molecule has 1 fully saturated rings. The second-order valence-corrected chi connectivity index (χ2v) is 6.04. The predicted octanol–water partition coefficient (Wildman–Crippen LogP) is 3.01. The first kappa shape index (κ1) is 17.2. The smallest absolute Gasteiger partial charge is 0.326 e. The number of hydrogen-bond acceptors (Lipinski definition) is 4. The molecule has 124 valence electrons. The number of halogens is 1. The minimum absolute atomic E-state index is 0.135. The van der Waals surface area contributed by atoms with E-state index in [1.165, 1.54) is 12.1 Å². The van der Waals surface area contributed by atoms with Gasteiger partial charge in [0.1, 0.15) is 11.6 Å². The van der Waals surface area contributed by atoms with Gasteiger partial charge in [-0.3, -0.25) is 14.9 Å². The minimum Gasteiger partial charge on any atom is -0.480 e. The van der Waals surface area contributed by atoms with Gasteiger partial charge < -0.3 is 10.4 Å². The summed E-state index contributed by atoms with van der Waals surface area (Å²) in [5.41, 5.74) is -0.635. The van der Waals surface area contributed by atoms with E-state index in [2.05, 4.69) is 5.32 Å². The van der Waals surface area contributed by atoms with E-state index >= 15 is 0 Å². The van der Waals surface area contributed by atoms with Crippen LogP contribution in [0.25, 0.3) is 0 Å². The van der Waals surface area contributed by atoms with Crippen molar-refractivity contribution in [3.63, 3.8) is 0 Å². The van der Waals surface area contributed by atoms with Crippen molar-refractivity contribution >= 4 is 29.2 Å². The Labute approximate surface area is 137 Å². The van der Waals surface area contributed by atoms with Crippen LogP contribution in [0.15, 0.2) is 18.2 Å². The van der Waals surface area contributed by atoms with Gasteiger partial charge in [-0.1, -0.05) is 30.9 Å². The maximum Gasteiger partial charge on any atom is 0.326 e. The van der Waals surface area contributed by atoms with Gasteiger partial charge in [-0.05, 0) is 30.9 Å². The third kappa shape index (κ3) is 4.19. The molecule has 8 heteroatoms. The van der Waals surface area contributed by atoms with Crippen LogP contribution in [0.5, 0.6) is 0 Å². The van der Waals surface area contributed by atoms with E-state index in [9.17, 15) is 24.8 Å². The zero-order chi connectivity index (χ0) is 17.0. The molecule has 2 N–H and O–H groups in total. The topological polar surface area (TPSA) is 110 Å². The summed E-state index contributed by atoms with van der Waals surface area (Å²) in [5.74, 6) is -2.05. The monoisotopic (exact) mass is 340 g/mol. The molecular weight excluding hydrogens is 324 g/mol. The summed E-state index contributed by atoms with van der Waals surface area (Å²) in [6.07, 6.45) is 4.34. The second kappa shape index (κ2) is 7.41. The predicted molar refractivity (Wildman–Crippen MR) is 83.6 cm³/mol. The van der Waals surface area contributed by atoms with Gasteiger partial charge >= 0.3 is 5.97 Å². The highest BCUT2D eigenvalue weighted by molar-refractivity contribution is 6.31. The van der Waals surface area contributed by atoms with Gasteiger partial charge in [0.25, 0.3) is 11.6 Å². The van der Waals surface area contributed by atoms with Crippen molar-refractivity contribution in [2.24, 2.45) is 5.92 Å². The lowest BCUT2D eigenvalue weighted by Gasteiger charge is -2.28. The van der Waals surface area contributed by atoms with E-state index < -0.39 is 28.5 Å². The number of aliphatic carboxylic acids is 1. The lowest BCUT2D eigenvalue weighted by atomic mass is 9.84. The van der Waals surface area contributed by atoms with Crippen molar-refractivity contribution < 1.29 is 19.6 Å². The summed E-state index contributed by atoms with van der Waals surface area (Å²) in [5, 5.41) is 23.0. The molecular formula is C15H17ClN2O5. The van der Waals surface area contributed by atoms with Gasteiger partial charge in [0.05, 0.1) is 4.92 Å². The van der Waals surface area contributed by atoms with Crippen LogP contribution in [-0.4, -0.2) is 27.9 Å². The van der Waals surface area contributed by atoms with E-state index in [0.29, 0.717) is 0 Å². The molecule has 23 heavy (non-hydrogen) atoms. The molecule has 1 aromatic carbocycles. The zero-order valence-electron chi connectivity index (χ0n) is 12.3. The fourth-order valence-electron chi connectivity index (χ4n) is 2.92. The molecule has 7 nitrogen and oxygen atoms in total. The Kier molecular flexibility index (Phi) is 5.54. The largest absolute Gasteiger partial charge is 0.480 e. The summed E-state index contributed by atoms with van der Waals surface area (Å²) in [6.45, 7) is 0. The van der Waals surface area contributed by atoms with Gasteiger partial charge in [0.15, 0.2) is 0 Å². The average molecular weight is 341 g/mol. The number of nitro groups is 1.